The summed E-state index contributed by atoms with van der Waals surface area (Å²) >= 11 is 6.02. The predicted molar refractivity (Wildman–Crippen MR) is 94.2 cm³/mol. The number of rotatable bonds is 3. The van der Waals surface area contributed by atoms with Gasteiger partial charge in [-0.1, -0.05) is 17.7 Å². The molecule has 138 valence electrons. The molecule has 1 unspecified atom stereocenters. The SMILES string of the molecule is CN1Cc2cc(Cl)ccc2CC1CNC(=O)c1ccc(C(F)(F)F)cc1. The second kappa shape index (κ2) is 7.29. The maximum atomic E-state index is 12.6. The van der Waals surface area contributed by atoms with E-state index in [9.17, 15) is 18.0 Å². The molecule has 2 aromatic rings. The third-order valence-corrected chi connectivity index (χ3v) is 4.87. The maximum Gasteiger partial charge on any atom is 0.416 e. The molecule has 3 rings (SSSR count). The summed E-state index contributed by atoms with van der Waals surface area (Å²) in [6.45, 7) is 1.15. The van der Waals surface area contributed by atoms with Gasteiger partial charge in [-0.3, -0.25) is 9.69 Å². The Balaban J connectivity index is 1.62. The highest BCUT2D eigenvalue weighted by Gasteiger charge is 2.30. The van der Waals surface area contributed by atoms with Crippen molar-refractivity contribution in [2.24, 2.45) is 0 Å². The van der Waals surface area contributed by atoms with Crippen LogP contribution in [0.15, 0.2) is 42.5 Å². The minimum atomic E-state index is -4.41. The lowest BCUT2D eigenvalue weighted by Gasteiger charge is -2.34. The van der Waals surface area contributed by atoms with E-state index in [4.69, 9.17) is 11.6 Å². The van der Waals surface area contributed by atoms with Gasteiger partial charge in [0.15, 0.2) is 0 Å². The summed E-state index contributed by atoms with van der Waals surface area (Å²) in [6.07, 6.45) is -3.63. The highest BCUT2D eigenvalue weighted by Crippen LogP contribution is 2.29. The zero-order chi connectivity index (χ0) is 18.9. The van der Waals surface area contributed by atoms with Crippen LogP contribution in [0.1, 0.15) is 27.0 Å². The standard InChI is InChI=1S/C19H18ClF3N2O/c1-25-11-14-8-16(20)7-4-13(14)9-17(25)10-24-18(26)12-2-5-15(6-3-12)19(21,22)23/h2-8,17H,9-11H2,1H3,(H,24,26). The van der Waals surface area contributed by atoms with Gasteiger partial charge < -0.3 is 5.32 Å². The minimum absolute atomic E-state index is 0.113. The van der Waals surface area contributed by atoms with E-state index < -0.39 is 11.7 Å². The molecule has 1 amide bonds. The summed E-state index contributed by atoms with van der Waals surface area (Å²) in [5.74, 6) is -0.381. The number of nitrogens with zero attached hydrogens (tertiary/aromatic N) is 1. The molecule has 0 radical (unpaired) electrons. The number of fused-ring (bicyclic) bond motifs is 1. The first-order valence-corrected chi connectivity index (χ1v) is 8.55. The number of hydrogen-bond acceptors (Lipinski definition) is 2. The van der Waals surface area contributed by atoms with Crippen molar-refractivity contribution in [3.05, 3.63) is 69.7 Å². The summed E-state index contributed by atoms with van der Waals surface area (Å²) in [6, 6.07) is 10.1. The van der Waals surface area contributed by atoms with Gasteiger partial charge in [-0.2, -0.15) is 13.2 Å². The molecule has 0 fully saturated rings. The Kier molecular flexibility index (Phi) is 5.25. The lowest BCUT2D eigenvalue weighted by molar-refractivity contribution is -0.137. The van der Waals surface area contributed by atoms with Crippen LogP contribution in [0.3, 0.4) is 0 Å². The van der Waals surface area contributed by atoms with Crippen molar-refractivity contribution >= 4 is 17.5 Å². The number of likely N-dealkylation sites (N-methyl/N-ethyl adjacent to an activating group) is 1. The van der Waals surface area contributed by atoms with Gasteiger partial charge in [0.2, 0.25) is 0 Å². The van der Waals surface area contributed by atoms with Crippen molar-refractivity contribution in [1.82, 2.24) is 10.2 Å². The largest absolute Gasteiger partial charge is 0.416 e. The number of benzene rings is 2. The van der Waals surface area contributed by atoms with E-state index in [1.54, 1.807) is 0 Å². The molecule has 0 saturated carbocycles. The monoisotopic (exact) mass is 382 g/mol. The van der Waals surface area contributed by atoms with E-state index >= 15 is 0 Å². The smallest absolute Gasteiger partial charge is 0.350 e. The molecular formula is C19H18ClF3N2O. The van der Waals surface area contributed by atoms with Crippen LogP contribution >= 0.6 is 11.6 Å². The highest BCUT2D eigenvalue weighted by molar-refractivity contribution is 6.30. The van der Waals surface area contributed by atoms with Crippen molar-refractivity contribution in [2.75, 3.05) is 13.6 Å². The fourth-order valence-electron chi connectivity index (χ4n) is 3.10. The van der Waals surface area contributed by atoms with Gasteiger partial charge in [-0.25, -0.2) is 0 Å². The second-order valence-corrected chi connectivity index (χ2v) is 6.91. The molecule has 1 N–H and O–H groups in total. The molecule has 0 aromatic heterocycles. The molecule has 1 aliphatic rings. The molecule has 0 bridgehead atoms. The van der Waals surface area contributed by atoms with E-state index in [0.717, 1.165) is 25.1 Å². The summed E-state index contributed by atoms with van der Waals surface area (Å²) < 4.78 is 37.8. The normalized spacial score (nSPS) is 17.7. The number of hydrogen-bond donors (Lipinski definition) is 1. The van der Waals surface area contributed by atoms with Crippen molar-refractivity contribution in [3.63, 3.8) is 0 Å². The van der Waals surface area contributed by atoms with Crippen molar-refractivity contribution in [1.29, 1.82) is 0 Å². The summed E-state index contributed by atoms with van der Waals surface area (Å²) in [5, 5.41) is 3.51. The van der Waals surface area contributed by atoms with Gasteiger partial charge in [0, 0.05) is 29.7 Å². The average molecular weight is 383 g/mol. The van der Waals surface area contributed by atoms with Gasteiger partial charge >= 0.3 is 6.18 Å². The van der Waals surface area contributed by atoms with Crippen molar-refractivity contribution < 1.29 is 18.0 Å². The fraction of sp³-hybridized carbons (Fsp3) is 0.316. The van der Waals surface area contributed by atoms with Gasteiger partial charge in [-0.15, -0.1) is 0 Å². The van der Waals surface area contributed by atoms with Gasteiger partial charge in [0.05, 0.1) is 5.56 Å². The first kappa shape index (κ1) is 18.7. The van der Waals surface area contributed by atoms with E-state index in [2.05, 4.69) is 10.2 Å². The number of carbonyl (C=O) groups is 1. The highest BCUT2D eigenvalue weighted by atomic mass is 35.5. The molecule has 2 aromatic carbocycles. The molecule has 1 atom stereocenters. The number of carbonyl (C=O) groups excluding carboxylic acids is 1. The van der Waals surface area contributed by atoms with Gasteiger partial charge in [-0.05, 0) is 61.0 Å². The third kappa shape index (κ3) is 4.19. The molecule has 0 spiro atoms. The number of halogens is 4. The lowest BCUT2D eigenvalue weighted by Crippen LogP contribution is -2.45. The molecule has 1 aliphatic heterocycles. The average Bonchev–Trinajstić information content (AvgIpc) is 2.59. The van der Waals surface area contributed by atoms with E-state index in [1.165, 1.54) is 23.3 Å². The molecule has 1 heterocycles. The molecule has 7 heteroatoms. The lowest BCUT2D eigenvalue weighted by atomic mass is 9.94. The van der Waals surface area contributed by atoms with E-state index in [1.807, 2.05) is 25.2 Å². The van der Waals surface area contributed by atoms with E-state index in [0.29, 0.717) is 11.6 Å². The summed E-state index contributed by atoms with van der Waals surface area (Å²) in [7, 11) is 1.97. The van der Waals surface area contributed by atoms with Crippen LogP contribution in [0.2, 0.25) is 5.02 Å². The predicted octanol–water partition coefficient (Wildman–Crippen LogP) is 4.15. The van der Waals surface area contributed by atoms with Crippen LogP contribution in [-0.4, -0.2) is 30.4 Å². The van der Waals surface area contributed by atoms with Crippen LogP contribution in [-0.2, 0) is 19.1 Å². The maximum absolute atomic E-state index is 12.6. The molecule has 26 heavy (non-hydrogen) atoms. The Bertz CT molecular complexity index is 805. The summed E-state index contributed by atoms with van der Waals surface area (Å²) in [4.78, 5) is 14.3. The first-order chi connectivity index (χ1) is 12.2. The minimum Gasteiger partial charge on any atom is -0.350 e. The number of nitrogens with one attached hydrogen (secondary N) is 1. The van der Waals surface area contributed by atoms with Crippen molar-refractivity contribution in [2.45, 2.75) is 25.2 Å². The molecule has 0 aliphatic carbocycles. The zero-order valence-electron chi connectivity index (χ0n) is 14.1. The molecule has 3 nitrogen and oxygen atoms in total. The number of alkyl halides is 3. The van der Waals surface area contributed by atoms with Crippen LogP contribution < -0.4 is 5.32 Å². The zero-order valence-corrected chi connectivity index (χ0v) is 14.9. The van der Waals surface area contributed by atoms with Crippen LogP contribution in [0.5, 0.6) is 0 Å². The van der Waals surface area contributed by atoms with Crippen LogP contribution in [0.4, 0.5) is 13.2 Å². The fourth-order valence-corrected chi connectivity index (χ4v) is 3.29. The Morgan fingerprint density at radius 1 is 1.19 bits per heavy atom. The van der Waals surface area contributed by atoms with Crippen LogP contribution in [0, 0.1) is 0 Å². The van der Waals surface area contributed by atoms with Gasteiger partial charge in [0.25, 0.3) is 5.91 Å². The Hall–Kier alpha value is -2.05. The molecule has 0 saturated heterocycles. The first-order valence-electron chi connectivity index (χ1n) is 8.17. The van der Waals surface area contributed by atoms with Crippen molar-refractivity contribution in [3.8, 4) is 0 Å². The molecular weight excluding hydrogens is 365 g/mol. The van der Waals surface area contributed by atoms with Crippen LogP contribution in [0.25, 0.3) is 0 Å². The quantitative estimate of drug-likeness (QED) is 0.865. The van der Waals surface area contributed by atoms with Gasteiger partial charge in [0.1, 0.15) is 0 Å². The Morgan fingerprint density at radius 2 is 1.88 bits per heavy atom. The third-order valence-electron chi connectivity index (χ3n) is 4.64. The summed E-state index contributed by atoms with van der Waals surface area (Å²) in [5.41, 5.74) is 1.81. The van der Waals surface area contributed by atoms with E-state index in [-0.39, 0.29) is 17.5 Å². The Labute approximate surface area is 154 Å². The Morgan fingerprint density at radius 3 is 2.54 bits per heavy atom. The number of amides is 1. The second-order valence-electron chi connectivity index (χ2n) is 6.47. The topological polar surface area (TPSA) is 32.3 Å².